The Balaban J connectivity index is 1.59. The van der Waals surface area contributed by atoms with Crippen LogP contribution in [0.2, 0.25) is 0 Å². The molecule has 0 aromatic heterocycles. The van der Waals surface area contributed by atoms with E-state index in [1.807, 2.05) is 18.2 Å². The van der Waals surface area contributed by atoms with E-state index in [0.29, 0.717) is 0 Å². The second kappa shape index (κ2) is 6.98. The van der Waals surface area contributed by atoms with Crippen LogP contribution in [0.25, 0.3) is 0 Å². The number of amides is 1. The molecule has 2 aromatic rings. The fourth-order valence-corrected chi connectivity index (χ4v) is 4.86. The van der Waals surface area contributed by atoms with Gasteiger partial charge in [0.05, 0.1) is 7.11 Å². The Kier molecular flexibility index (Phi) is 4.65. The van der Waals surface area contributed by atoms with Gasteiger partial charge in [0.1, 0.15) is 10.6 Å². The predicted octanol–water partition coefficient (Wildman–Crippen LogP) is 2.88. The Morgan fingerprint density at radius 2 is 1.85 bits per heavy atom. The molecule has 0 bridgehead atoms. The first-order valence-corrected chi connectivity index (χ1v) is 10.6. The lowest BCUT2D eigenvalue weighted by Crippen LogP contribution is -2.26. The maximum atomic E-state index is 12.7. The lowest BCUT2D eigenvalue weighted by atomic mass is 10.1. The summed E-state index contributed by atoms with van der Waals surface area (Å²) >= 11 is 0. The second-order valence-corrected chi connectivity index (χ2v) is 8.73. The summed E-state index contributed by atoms with van der Waals surface area (Å²) in [6.45, 7) is 0. The van der Waals surface area contributed by atoms with Crippen molar-refractivity contribution in [3.63, 3.8) is 0 Å². The van der Waals surface area contributed by atoms with Crippen LogP contribution in [0.3, 0.4) is 0 Å². The van der Waals surface area contributed by atoms with Crippen LogP contribution in [-0.2, 0) is 22.9 Å². The molecule has 1 saturated carbocycles. The van der Waals surface area contributed by atoms with Gasteiger partial charge in [-0.3, -0.25) is 4.79 Å². The first-order chi connectivity index (χ1) is 13.0. The lowest BCUT2D eigenvalue weighted by molar-refractivity contribution is 0.102. The highest BCUT2D eigenvalue weighted by Gasteiger charge is 2.30. The molecule has 1 fully saturated rings. The molecular formula is C20H22N2O4S. The monoisotopic (exact) mass is 386 g/mol. The third kappa shape index (κ3) is 3.84. The number of nitrogens with one attached hydrogen (secondary N) is 2. The summed E-state index contributed by atoms with van der Waals surface area (Å²) in [7, 11) is -2.32. The van der Waals surface area contributed by atoms with Crippen LogP contribution < -0.4 is 14.8 Å². The van der Waals surface area contributed by atoms with Crippen molar-refractivity contribution >= 4 is 21.6 Å². The standard InChI is InChI=1S/C20H22N2O4S/c1-26-18-10-6-15(12-19(18)27(24,25)22-16-8-9-16)20(23)21-17-7-5-13-3-2-4-14(13)11-17/h5-7,10-12,16,22H,2-4,8-9H2,1H3,(H,21,23). The molecule has 0 aliphatic heterocycles. The van der Waals surface area contributed by atoms with Crippen LogP contribution in [0.1, 0.15) is 40.7 Å². The number of hydrogen-bond acceptors (Lipinski definition) is 4. The first-order valence-electron chi connectivity index (χ1n) is 9.10. The average molecular weight is 386 g/mol. The molecule has 6 nitrogen and oxygen atoms in total. The number of ether oxygens (including phenoxy) is 1. The van der Waals surface area contributed by atoms with Crippen molar-refractivity contribution in [2.24, 2.45) is 0 Å². The Morgan fingerprint density at radius 3 is 2.59 bits per heavy atom. The third-order valence-corrected chi connectivity index (χ3v) is 6.51. The van der Waals surface area contributed by atoms with Crippen LogP contribution in [0, 0.1) is 0 Å². The van der Waals surface area contributed by atoms with Crippen LogP contribution in [0.15, 0.2) is 41.3 Å². The van der Waals surface area contributed by atoms with Gasteiger partial charge in [0, 0.05) is 17.3 Å². The predicted molar refractivity (Wildman–Crippen MR) is 103 cm³/mol. The number of fused-ring (bicyclic) bond motifs is 1. The molecule has 2 N–H and O–H groups in total. The summed E-state index contributed by atoms with van der Waals surface area (Å²) in [6.07, 6.45) is 4.91. The number of hydrogen-bond donors (Lipinski definition) is 2. The third-order valence-electron chi connectivity index (χ3n) is 4.97. The van der Waals surface area contributed by atoms with Crippen molar-refractivity contribution in [2.75, 3.05) is 12.4 Å². The van der Waals surface area contributed by atoms with Gasteiger partial charge in [-0.1, -0.05) is 6.07 Å². The molecule has 0 heterocycles. The molecule has 2 aliphatic rings. The van der Waals surface area contributed by atoms with E-state index in [1.54, 1.807) is 6.07 Å². The van der Waals surface area contributed by atoms with Gasteiger partial charge in [-0.25, -0.2) is 13.1 Å². The quantitative estimate of drug-likeness (QED) is 0.800. The Labute approximate surface area is 159 Å². The zero-order valence-corrected chi connectivity index (χ0v) is 15.9. The topological polar surface area (TPSA) is 84.5 Å². The maximum absolute atomic E-state index is 12.7. The minimum atomic E-state index is -3.73. The van der Waals surface area contributed by atoms with Crippen LogP contribution in [-0.4, -0.2) is 27.5 Å². The zero-order valence-electron chi connectivity index (χ0n) is 15.1. The number of methoxy groups -OCH3 is 1. The Hall–Kier alpha value is -2.38. The molecular weight excluding hydrogens is 364 g/mol. The Morgan fingerprint density at radius 1 is 1.07 bits per heavy atom. The van der Waals surface area contributed by atoms with Crippen molar-refractivity contribution in [1.29, 1.82) is 0 Å². The van der Waals surface area contributed by atoms with E-state index in [-0.39, 0.29) is 28.2 Å². The summed E-state index contributed by atoms with van der Waals surface area (Å²) in [5, 5.41) is 2.86. The molecule has 0 atom stereocenters. The van der Waals surface area contributed by atoms with E-state index in [0.717, 1.165) is 37.8 Å². The summed E-state index contributed by atoms with van der Waals surface area (Å²) in [6, 6.07) is 10.3. The molecule has 2 aromatic carbocycles. The van der Waals surface area contributed by atoms with E-state index in [2.05, 4.69) is 10.0 Å². The van der Waals surface area contributed by atoms with Crippen molar-refractivity contribution in [3.05, 3.63) is 53.1 Å². The van der Waals surface area contributed by atoms with Crippen molar-refractivity contribution < 1.29 is 17.9 Å². The van der Waals surface area contributed by atoms with Gasteiger partial charge < -0.3 is 10.1 Å². The molecule has 0 unspecified atom stereocenters. The van der Waals surface area contributed by atoms with Crippen LogP contribution >= 0.6 is 0 Å². The van der Waals surface area contributed by atoms with Gasteiger partial charge in [-0.05, 0) is 73.6 Å². The van der Waals surface area contributed by atoms with Crippen molar-refractivity contribution in [1.82, 2.24) is 4.72 Å². The molecule has 0 radical (unpaired) electrons. The second-order valence-electron chi connectivity index (χ2n) is 7.05. The number of carbonyl (C=O) groups is 1. The fourth-order valence-electron chi connectivity index (χ4n) is 3.36. The molecule has 0 saturated heterocycles. The summed E-state index contributed by atoms with van der Waals surface area (Å²) in [4.78, 5) is 12.6. The number of rotatable bonds is 6. The smallest absolute Gasteiger partial charge is 0.255 e. The normalized spacial score (nSPS) is 16.0. The van der Waals surface area contributed by atoms with Gasteiger partial charge in [0.2, 0.25) is 10.0 Å². The molecule has 4 rings (SSSR count). The van der Waals surface area contributed by atoms with E-state index in [9.17, 15) is 13.2 Å². The number of sulfonamides is 1. The van der Waals surface area contributed by atoms with Crippen LogP contribution in [0.4, 0.5) is 5.69 Å². The number of anilines is 1. The SMILES string of the molecule is COc1ccc(C(=O)Nc2ccc3c(c2)CCC3)cc1S(=O)(=O)NC1CC1. The van der Waals surface area contributed by atoms with E-state index < -0.39 is 10.0 Å². The number of carbonyl (C=O) groups excluding carboxylic acids is 1. The summed E-state index contributed by atoms with van der Waals surface area (Å²) in [5.41, 5.74) is 3.58. The highest BCUT2D eigenvalue weighted by atomic mass is 32.2. The molecule has 0 spiro atoms. The van der Waals surface area contributed by atoms with Crippen molar-refractivity contribution in [2.45, 2.75) is 43.0 Å². The largest absolute Gasteiger partial charge is 0.495 e. The summed E-state index contributed by atoms with van der Waals surface area (Å²) < 4.78 is 33.0. The van der Waals surface area contributed by atoms with E-state index in [4.69, 9.17) is 4.74 Å². The van der Waals surface area contributed by atoms with Crippen LogP contribution in [0.5, 0.6) is 5.75 Å². The number of aryl methyl sites for hydroxylation is 2. The number of benzene rings is 2. The molecule has 7 heteroatoms. The van der Waals surface area contributed by atoms with E-state index >= 15 is 0 Å². The maximum Gasteiger partial charge on any atom is 0.255 e. The van der Waals surface area contributed by atoms with E-state index in [1.165, 1.54) is 30.4 Å². The molecule has 1 amide bonds. The first kappa shape index (κ1) is 18.0. The van der Waals surface area contributed by atoms with Gasteiger partial charge in [-0.15, -0.1) is 0 Å². The molecule has 142 valence electrons. The minimum absolute atomic E-state index is 0.0153. The lowest BCUT2D eigenvalue weighted by Gasteiger charge is -2.13. The average Bonchev–Trinajstić information content (AvgIpc) is 3.33. The summed E-state index contributed by atoms with van der Waals surface area (Å²) in [5.74, 6) is -0.129. The van der Waals surface area contributed by atoms with Gasteiger partial charge >= 0.3 is 0 Å². The van der Waals surface area contributed by atoms with Crippen molar-refractivity contribution in [3.8, 4) is 5.75 Å². The minimum Gasteiger partial charge on any atom is -0.495 e. The Bertz CT molecular complexity index is 997. The van der Waals surface area contributed by atoms with Gasteiger partial charge in [0.25, 0.3) is 5.91 Å². The fraction of sp³-hybridized carbons (Fsp3) is 0.350. The molecule has 2 aliphatic carbocycles. The zero-order chi connectivity index (χ0) is 19.0. The highest BCUT2D eigenvalue weighted by molar-refractivity contribution is 7.89. The molecule has 27 heavy (non-hydrogen) atoms. The van der Waals surface area contributed by atoms with Gasteiger partial charge in [-0.2, -0.15) is 0 Å². The van der Waals surface area contributed by atoms with Gasteiger partial charge in [0.15, 0.2) is 0 Å². The highest BCUT2D eigenvalue weighted by Crippen LogP contribution is 2.29.